The Morgan fingerprint density at radius 1 is 1.44 bits per heavy atom. The van der Waals surface area contributed by atoms with E-state index in [0.717, 1.165) is 17.6 Å². The van der Waals surface area contributed by atoms with E-state index < -0.39 is 0 Å². The van der Waals surface area contributed by atoms with Crippen molar-refractivity contribution in [1.82, 2.24) is 4.98 Å². The maximum Gasteiger partial charge on any atom is 0.0962 e. The average molecular weight is 264 g/mol. The third-order valence-electron chi connectivity index (χ3n) is 3.53. The fraction of sp³-hybridized carbons (Fsp3) is 0.667. The first-order valence-corrected chi connectivity index (χ1v) is 7.88. The smallest absolute Gasteiger partial charge is 0.0962 e. The van der Waals surface area contributed by atoms with Crippen LogP contribution in [0.2, 0.25) is 0 Å². The molecule has 1 aromatic heterocycles. The first kappa shape index (κ1) is 13.9. The molecule has 0 radical (unpaired) electrons. The maximum atomic E-state index is 5.79. The molecule has 3 atom stereocenters. The lowest BCUT2D eigenvalue weighted by Crippen LogP contribution is -2.18. The Hall–Kier alpha value is -0.540. The molecule has 2 rings (SSSR count). The van der Waals surface area contributed by atoms with E-state index in [2.05, 4.69) is 24.0 Å². The second-order valence-corrected chi connectivity index (χ2v) is 7.02. The minimum atomic E-state index is 0.212. The van der Waals surface area contributed by atoms with Gasteiger partial charge in [-0.15, -0.1) is 11.8 Å². The standard InChI is InChI=1S/C15H24N2S/c1-11-4-3-5-14(8-11)18-15-7-6-13(10-17-15)9-12(2)16/h6-7,10-12,14H,3-5,8-9,16H2,1-2H3. The first-order chi connectivity index (χ1) is 8.63. The van der Waals surface area contributed by atoms with E-state index in [4.69, 9.17) is 5.73 Å². The quantitative estimate of drug-likeness (QED) is 0.902. The Morgan fingerprint density at radius 3 is 2.89 bits per heavy atom. The van der Waals surface area contributed by atoms with Gasteiger partial charge in [-0.25, -0.2) is 4.98 Å². The predicted molar refractivity (Wildman–Crippen MR) is 78.9 cm³/mol. The van der Waals surface area contributed by atoms with Gasteiger partial charge >= 0.3 is 0 Å². The van der Waals surface area contributed by atoms with Gasteiger partial charge < -0.3 is 5.73 Å². The third kappa shape index (κ3) is 4.29. The number of rotatable bonds is 4. The van der Waals surface area contributed by atoms with Crippen LogP contribution in [0.25, 0.3) is 0 Å². The van der Waals surface area contributed by atoms with Crippen molar-refractivity contribution in [3.8, 4) is 0 Å². The van der Waals surface area contributed by atoms with Crippen LogP contribution in [0.3, 0.4) is 0 Å². The summed E-state index contributed by atoms with van der Waals surface area (Å²) in [5.41, 5.74) is 7.04. The summed E-state index contributed by atoms with van der Waals surface area (Å²) in [6.45, 7) is 4.40. The number of hydrogen-bond acceptors (Lipinski definition) is 3. The number of hydrogen-bond donors (Lipinski definition) is 1. The normalized spacial score (nSPS) is 25.9. The van der Waals surface area contributed by atoms with E-state index in [-0.39, 0.29) is 6.04 Å². The van der Waals surface area contributed by atoms with Crippen molar-refractivity contribution in [2.24, 2.45) is 11.7 Å². The average Bonchev–Trinajstić information content (AvgIpc) is 2.31. The van der Waals surface area contributed by atoms with Crippen LogP contribution in [-0.2, 0) is 6.42 Å². The molecule has 0 bridgehead atoms. The Balaban J connectivity index is 1.89. The zero-order chi connectivity index (χ0) is 13.0. The molecule has 2 nitrogen and oxygen atoms in total. The van der Waals surface area contributed by atoms with Gasteiger partial charge in [0, 0.05) is 17.5 Å². The fourth-order valence-corrected chi connectivity index (χ4v) is 3.94. The van der Waals surface area contributed by atoms with Crippen LogP contribution >= 0.6 is 11.8 Å². The third-order valence-corrected chi connectivity index (χ3v) is 4.78. The summed E-state index contributed by atoms with van der Waals surface area (Å²) in [5.74, 6) is 0.883. The molecule has 1 saturated carbocycles. The molecule has 0 aromatic carbocycles. The van der Waals surface area contributed by atoms with Crippen molar-refractivity contribution in [3.63, 3.8) is 0 Å². The topological polar surface area (TPSA) is 38.9 Å². The van der Waals surface area contributed by atoms with Crippen LogP contribution in [0.15, 0.2) is 23.4 Å². The monoisotopic (exact) mass is 264 g/mol. The van der Waals surface area contributed by atoms with Crippen molar-refractivity contribution in [2.75, 3.05) is 0 Å². The molecule has 1 aromatic rings. The number of nitrogens with two attached hydrogens (primary N) is 1. The summed E-state index contributed by atoms with van der Waals surface area (Å²) >= 11 is 1.95. The molecule has 1 aliphatic rings. The summed E-state index contributed by atoms with van der Waals surface area (Å²) in [5, 5.41) is 1.93. The fourth-order valence-electron chi connectivity index (χ4n) is 2.63. The Kier molecular flexibility index (Phi) is 5.07. The lowest BCUT2D eigenvalue weighted by atomic mass is 9.91. The van der Waals surface area contributed by atoms with E-state index >= 15 is 0 Å². The van der Waals surface area contributed by atoms with E-state index in [0.29, 0.717) is 0 Å². The molecule has 0 spiro atoms. The lowest BCUT2D eigenvalue weighted by molar-refractivity contribution is 0.394. The number of nitrogens with zero attached hydrogens (tertiary/aromatic N) is 1. The molecule has 1 aliphatic carbocycles. The molecular formula is C15H24N2S. The van der Waals surface area contributed by atoms with Gasteiger partial charge in [-0.1, -0.05) is 25.8 Å². The summed E-state index contributed by atoms with van der Waals surface area (Å²) in [6.07, 6.45) is 8.36. The zero-order valence-corrected chi connectivity index (χ0v) is 12.2. The summed E-state index contributed by atoms with van der Waals surface area (Å²) in [6, 6.07) is 4.54. The minimum absolute atomic E-state index is 0.212. The molecule has 18 heavy (non-hydrogen) atoms. The van der Waals surface area contributed by atoms with E-state index in [9.17, 15) is 0 Å². The van der Waals surface area contributed by atoms with Gasteiger partial charge in [0.25, 0.3) is 0 Å². The summed E-state index contributed by atoms with van der Waals surface area (Å²) < 4.78 is 0. The van der Waals surface area contributed by atoms with E-state index in [1.54, 1.807) is 0 Å². The number of pyridine rings is 1. The van der Waals surface area contributed by atoms with Gasteiger partial charge in [0.1, 0.15) is 0 Å². The predicted octanol–water partition coefficient (Wildman–Crippen LogP) is 3.64. The van der Waals surface area contributed by atoms with Crippen LogP contribution in [0, 0.1) is 5.92 Å². The molecule has 2 N–H and O–H groups in total. The Bertz CT molecular complexity index is 361. The molecule has 0 amide bonds. The maximum absolute atomic E-state index is 5.79. The zero-order valence-electron chi connectivity index (χ0n) is 11.4. The highest BCUT2D eigenvalue weighted by molar-refractivity contribution is 7.99. The van der Waals surface area contributed by atoms with Crippen molar-refractivity contribution in [1.29, 1.82) is 0 Å². The van der Waals surface area contributed by atoms with Gasteiger partial charge in [-0.2, -0.15) is 0 Å². The van der Waals surface area contributed by atoms with Crippen LogP contribution in [-0.4, -0.2) is 16.3 Å². The van der Waals surface area contributed by atoms with Gasteiger partial charge in [0.15, 0.2) is 0 Å². The number of thioether (sulfide) groups is 1. The summed E-state index contributed by atoms with van der Waals surface area (Å²) in [4.78, 5) is 4.56. The number of aromatic nitrogens is 1. The first-order valence-electron chi connectivity index (χ1n) is 7.00. The summed E-state index contributed by atoms with van der Waals surface area (Å²) in [7, 11) is 0. The van der Waals surface area contributed by atoms with Crippen molar-refractivity contribution in [3.05, 3.63) is 23.9 Å². The van der Waals surface area contributed by atoms with Crippen LogP contribution in [0.1, 0.15) is 45.1 Å². The molecule has 0 saturated heterocycles. The van der Waals surface area contributed by atoms with Gasteiger partial charge in [0.2, 0.25) is 0 Å². The minimum Gasteiger partial charge on any atom is -0.328 e. The Labute approximate surface area is 115 Å². The molecule has 100 valence electrons. The second-order valence-electron chi connectivity index (χ2n) is 5.70. The molecule has 3 unspecified atom stereocenters. The highest BCUT2D eigenvalue weighted by Gasteiger charge is 2.20. The van der Waals surface area contributed by atoms with Crippen LogP contribution < -0.4 is 5.73 Å². The van der Waals surface area contributed by atoms with Gasteiger partial charge in [-0.05, 0) is 43.7 Å². The van der Waals surface area contributed by atoms with Gasteiger partial charge in [0.05, 0.1) is 5.03 Å². The van der Waals surface area contributed by atoms with Crippen LogP contribution in [0.4, 0.5) is 0 Å². The van der Waals surface area contributed by atoms with E-state index in [1.165, 1.54) is 36.3 Å². The van der Waals surface area contributed by atoms with E-state index in [1.807, 2.05) is 24.9 Å². The molecule has 0 aliphatic heterocycles. The molecule has 3 heteroatoms. The highest BCUT2D eigenvalue weighted by atomic mass is 32.2. The second kappa shape index (κ2) is 6.58. The molecular weight excluding hydrogens is 240 g/mol. The Morgan fingerprint density at radius 2 is 2.28 bits per heavy atom. The SMILES string of the molecule is CC(N)Cc1ccc(SC2CCCC(C)C2)nc1. The van der Waals surface area contributed by atoms with Crippen molar-refractivity contribution >= 4 is 11.8 Å². The van der Waals surface area contributed by atoms with Crippen LogP contribution in [0.5, 0.6) is 0 Å². The lowest BCUT2D eigenvalue weighted by Gasteiger charge is -2.25. The molecule has 1 heterocycles. The van der Waals surface area contributed by atoms with Crippen molar-refractivity contribution < 1.29 is 0 Å². The van der Waals surface area contributed by atoms with Gasteiger partial charge in [-0.3, -0.25) is 0 Å². The van der Waals surface area contributed by atoms with Crippen molar-refractivity contribution in [2.45, 2.75) is 62.3 Å². The largest absolute Gasteiger partial charge is 0.328 e. The highest BCUT2D eigenvalue weighted by Crippen LogP contribution is 2.35. The molecule has 1 fully saturated rings.